The van der Waals surface area contributed by atoms with Crippen molar-refractivity contribution in [2.45, 2.75) is 13.8 Å². The molecule has 3 rings (SSSR count). The van der Waals surface area contributed by atoms with Gasteiger partial charge in [-0.3, -0.25) is 9.59 Å². The number of nitriles is 1. The lowest BCUT2D eigenvalue weighted by Crippen LogP contribution is -2.25. The molecule has 4 heteroatoms. The Balaban J connectivity index is 2.09. The number of rotatable bonds is 2. The van der Waals surface area contributed by atoms with Gasteiger partial charge < -0.3 is 5.32 Å². The molecule has 0 bridgehead atoms. The van der Waals surface area contributed by atoms with Crippen molar-refractivity contribution >= 4 is 17.3 Å². The Morgan fingerprint density at radius 3 is 2.17 bits per heavy atom. The molecule has 2 aromatic rings. The van der Waals surface area contributed by atoms with E-state index in [9.17, 15) is 14.9 Å². The van der Waals surface area contributed by atoms with Crippen molar-refractivity contribution in [3.05, 3.63) is 76.0 Å². The summed E-state index contributed by atoms with van der Waals surface area (Å²) in [5.41, 5.74) is 3.36. The Morgan fingerprint density at radius 2 is 1.57 bits per heavy atom. The van der Waals surface area contributed by atoms with E-state index >= 15 is 0 Å². The summed E-state index contributed by atoms with van der Waals surface area (Å²) in [5, 5.41) is 12.3. The Bertz CT molecular complexity index is 917. The van der Waals surface area contributed by atoms with Crippen molar-refractivity contribution in [3.8, 4) is 6.07 Å². The predicted octanol–water partition coefficient (Wildman–Crippen LogP) is 3.57. The fourth-order valence-corrected chi connectivity index (χ4v) is 2.56. The maximum atomic E-state index is 12.7. The minimum absolute atomic E-state index is 0.0412. The summed E-state index contributed by atoms with van der Waals surface area (Å²) in [6.07, 6.45) is 0. The zero-order valence-corrected chi connectivity index (χ0v) is 12.8. The second-order valence-corrected chi connectivity index (χ2v) is 5.49. The lowest BCUT2D eigenvalue weighted by molar-refractivity contribution is 0.0979. The Hall–Kier alpha value is -3.19. The largest absolute Gasteiger partial charge is 0.351 e. The monoisotopic (exact) mass is 302 g/mol. The van der Waals surface area contributed by atoms with Gasteiger partial charge in [0.15, 0.2) is 0 Å². The number of hydrogen-bond donors (Lipinski definition) is 1. The van der Waals surface area contributed by atoms with Gasteiger partial charge in [0.05, 0.1) is 0 Å². The molecule has 112 valence electrons. The molecule has 0 aromatic heterocycles. The van der Waals surface area contributed by atoms with Gasteiger partial charge in [0, 0.05) is 16.8 Å². The molecule has 0 saturated heterocycles. The van der Waals surface area contributed by atoms with Gasteiger partial charge in [0.1, 0.15) is 17.3 Å². The zero-order valence-electron chi connectivity index (χ0n) is 12.8. The minimum atomic E-state index is -0.422. The van der Waals surface area contributed by atoms with Crippen LogP contribution in [0.2, 0.25) is 0 Å². The summed E-state index contributed by atoms with van der Waals surface area (Å²) >= 11 is 0. The van der Waals surface area contributed by atoms with Crippen LogP contribution in [0.4, 0.5) is 5.69 Å². The average molecular weight is 302 g/mol. The van der Waals surface area contributed by atoms with E-state index in [1.54, 1.807) is 24.3 Å². The average Bonchev–Trinajstić information content (AvgIpc) is 2.56. The van der Waals surface area contributed by atoms with E-state index in [4.69, 9.17) is 0 Å². The molecule has 2 aromatic carbocycles. The summed E-state index contributed by atoms with van der Waals surface area (Å²) in [6.45, 7) is 3.95. The first-order valence-electron chi connectivity index (χ1n) is 7.20. The van der Waals surface area contributed by atoms with Crippen LogP contribution in [-0.4, -0.2) is 11.6 Å². The molecule has 0 heterocycles. The van der Waals surface area contributed by atoms with Crippen molar-refractivity contribution in [2.24, 2.45) is 0 Å². The van der Waals surface area contributed by atoms with Crippen molar-refractivity contribution in [1.82, 2.24) is 0 Å². The van der Waals surface area contributed by atoms with Crippen LogP contribution in [-0.2, 0) is 0 Å². The van der Waals surface area contributed by atoms with E-state index in [1.165, 1.54) is 0 Å². The maximum absolute atomic E-state index is 12.7. The molecule has 0 unspecified atom stereocenters. The van der Waals surface area contributed by atoms with E-state index in [2.05, 4.69) is 5.32 Å². The second-order valence-electron chi connectivity index (χ2n) is 5.49. The van der Waals surface area contributed by atoms with Gasteiger partial charge in [-0.2, -0.15) is 5.26 Å². The summed E-state index contributed by atoms with van der Waals surface area (Å²) in [5.74, 6) is -0.760. The molecule has 0 spiro atoms. The Labute approximate surface area is 134 Å². The van der Waals surface area contributed by atoms with Crippen LogP contribution in [0, 0.1) is 25.2 Å². The SMILES string of the molecule is Cc1ccc(NC2=C(C#N)C(=O)c3ccccc3C2=O)cc1C. The highest BCUT2D eigenvalue weighted by atomic mass is 16.1. The summed E-state index contributed by atoms with van der Waals surface area (Å²) < 4.78 is 0. The highest BCUT2D eigenvalue weighted by Crippen LogP contribution is 2.27. The third-order valence-electron chi connectivity index (χ3n) is 4.01. The third-order valence-corrected chi connectivity index (χ3v) is 4.01. The van der Waals surface area contributed by atoms with Crippen molar-refractivity contribution in [3.63, 3.8) is 0 Å². The van der Waals surface area contributed by atoms with Gasteiger partial charge in [-0.25, -0.2) is 0 Å². The van der Waals surface area contributed by atoms with Gasteiger partial charge in [0.2, 0.25) is 11.6 Å². The number of aryl methyl sites for hydroxylation is 2. The van der Waals surface area contributed by atoms with E-state index < -0.39 is 5.78 Å². The molecule has 23 heavy (non-hydrogen) atoms. The van der Waals surface area contributed by atoms with Crippen LogP contribution in [0.15, 0.2) is 53.7 Å². The number of Topliss-reactive ketones (excluding diaryl/α,β-unsaturated/α-hetero) is 2. The van der Waals surface area contributed by atoms with Crippen molar-refractivity contribution < 1.29 is 9.59 Å². The first-order chi connectivity index (χ1) is 11.0. The number of benzene rings is 2. The van der Waals surface area contributed by atoms with Crippen LogP contribution in [0.25, 0.3) is 0 Å². The number of carbonyl (C=O) groups excluding carboxylic acids is 2. The van der Waals surface area contributed by atoms with E-state index in [1.807, 2.05) is 38.1 Å². The van der Waals surface area contributed by atoms with Gasteiger partial charge in [-0.05, 0) is 37.1 Å². The number of ketones is 2. The summed E-state index contributed by atoms with van der Waals surface area (Å²) in [7, 11) is 0. The normalized spacial score (nSPS) is 13.6. The molecular formula is C19H14N2O2. The maximum Gasteiger partial charge on any atom is 0.211 e. The molecule has 0 saturated carbocycles. The number of carbonyl (C=O) groups is 2. The fourth-order valence-electron chi connectivity index (χ4n) is 2.56. The van der Waals surface area contributed by atoms with Crippen LogP contribution in [0.3, 0.4) is 0 Å². The van der Waals surface area contributed by atoms with Gasteiger partial charge in [0.25, 0.3) is 0 Å². The highest BCUT2D eigenvalue weighted by Gasteiger charge is 2.32. The van der Waals surface area contributed by atoms with Gasteiger partial charge in [-0.1, -0.05) is 30.3 Å². The minimum Gasteiger partial charge on any atom is -0.351 e. The summed E-state index contributed by atoms with van der Waals surface area (Å²) in [4.78, 5) is 25.1. The molecule has 1 aliphatic carbocycles. The summed E-state index contributed by atoms with van der Waals surface area (Å²) in [6, 6.07) is 14.1. The van der Waals surface area contributed by atoms with Crippen LogP contribution >= 0.6 is 0 Å². The number of anilines is 1. The molecule has 1 N–H and O–H groups in total. The van der Waals surface area contributed by atoms with Crippen LogP contribution < -0.4 is 5.32 Å². The first-order valence-corrected chi connectivity index (χ1v) is 7.20. The zero-order chi connectivity index (χ0) is 16.6. The van der Waals surface area contributed by atoms with E-state index in [0.717, 1.165) is 11.1 Å². The standard InChI is InChI=1S/C19H14N2O2/c1-11-7-8-13(9-12(11)2)21-17-16(10-20)18(22)14-5-3-4-6-15(14)19(17)23/h3-9,21H,1-2H3. The number of nitrogens with one attached hydrogen (secondary N) is 1. The lowest BCUT2D eigenvalue weighted by Gasteiger charge is -2.19. The van der Waals surface area contributed by atoms with E-state index in [-0.39, 0.29) is 22.6 Å². The van der Waals surface area contributed by atoms with Gasteiger partial charge >= 0.3 is 0 Å². The number of hydrogen-bond acceptors (Lipinski definition) is 4. The molecular weight excluding hydrogens is 288 g/mol. The number of allylic oxidation sites excluding steroid dienone is 2. The third kappa shape index (κ3) is 2.43. The predicted molar refractivity (Wildman–Crippen MR) is 87.3 cm³/mol. The molecule has 0 fully saturated rings. The topological polar surface area (TPSA) is 70.0 Å². The molecule has 0 atom stereocenters. The molecule has 0 radical (unpaired) electrons. The molecule has 0 amide bonds. The Morgan fingerprint density at radius 1 is 0.913 bits per heavy atom. The van der Waals surface area contributed by atoms with Gasteiger partial charge in [-0.15, -0.1) is 0 Å². The smallest absolute Gasteiger partial charge is 0.211 e. The van der Waals surface area contributed by atoms with Crippen molar-refractivity contribution in [2.75, 3.05) is 5.32 Å². The quantitative estimate of drug-likeness (QED) is 0.920. The molecule has 1 aliphatic rings. The Kier molecular flexibility index (Phi) is 3.55. The fraction of sp³-hybridized carbons (Fsp3) is 0.105. The lowest BCUT2D eigenvalue weighted by atomic mass is 9.87. The number of nitrogens with zero attached hydrogens (tertiary/aromatic N) is 1. The molecule has 4 nitrogen and oxygen atoms in total. The second kappa shape index (κ2) is 5.54. The molecule has 0 aliphatic heterocycles. The van der Waals surface area contributed by atoms with Crippen LogP contribution in [0.1, 0.15) is 31.8 Å². The first kappa shape index (κ1) is 14.7. The van der Waals surface area contributed by atoms with E-state index in [0.29, 0.717) is 11.3 Å². The van der Waals surface area contributed by atoms with Crippen LogP contribution in [0.5, 0.6) is 0 Å². The highest BCUT2D eigenvalue weighted by molar-refractivity contribution is 6.29. The number of fused-ring (bicyclic) bond motifs is 1. The van der Waals surface area contributed by atoms with Crippen molar-refractivity contribution in [1.29, 1.82) is 5.26 Å².